The van der Waals surface area contributed by atoms with E-state index in [9.17, 15) is 4.79 Å². The van der Waals surface area contributed by atoms with Crippen molar-refractivity contribution in [3.05, 3.63) is 83.9 Å². The van der Waals surface area contributed by atoms with Crippen LogP contribution in [0.1, 0.15) is 5.82 Å². The number of hydrogen-bond donors (Lipinski definition) is 2. The summed E-state index contributed by atoms with van der Waals surface area (Å²) < 4.78 is 7.46. The molecule has 4 rings (SSSR count). The van der Waals surface area contributed by atoms with Crippen LogP contribution in [0.2, 0.25) is 5.02 Å². The lowest BCUT2D eigenvalue weighted by atomic mass is 10.3. The minimum atomic E-state index is -0.374. The Morgan fingerprint density at radius 2 is 1.80 bits per heavy atom. The molecule has 0 unspecified atom stereocenters. The van der Waals surface area contributed by atoms with Gasteiger partial charge in [-0.05, 0) is 55.5 Å². The molecule has 0 aliphatic heterocycles. The van der Waals surface area contributed by atoms with E-state index in [0.29, 0.717) is 39.7 Å². The van der Waals surface area contributed by atoms with Gasteiger partial charge in [-0.15, -0.1) is 0 Å². The van der Waals surface area contributed by atoms with Gasteiger partial charge in [-0.2, -0.15) is 10.1 Å². The molecule has 0 saturated heterocycles. The number of aromatic nitrogens is 4. The molecule has 0 spiro atoms. The van der Waals surface area contributed by atoms with Gasteiger partial charge in [-0.25, -0.2) is 14.5 Å². The van der Waals surface area contributed by atoms with Gasteiger partial charge in [-0.1, -0.05) is 17.7 Å². The van der Waals surface area contributed by atoms with Crippen LogP contribution in [0.25, 0.3) is 5.82 Å². The zero-order valence-corrected chi connectivity index (χ0v) is 16.7. The summed E-state index contributed by atoms with van der Waals surface area (Å²) in [5.74, 6) is 2.14. The van der Waals surface area contributed by atoms with Crippen molar-refractivity contribution in [2.75, 3.05) is 10.6 Å². The molecule has 0 radical (unpaired) electrons. The second-order valence-electron chi connectivity index (χ2n) is 6.28. The molecule has 2 aromatic carbocycles. The number of anilines is 2. The van der Waals surface area contributed by atoms with Gasteiger partial charge < -0.3 is 15.4 Å². The van der Waals surface area contributed by atoms with Crippen LogP contribution in [0, 0.1) is 6.92 Å². The molecule has 30 heavy (non-hydrogen) atoms. The smallest absolute Gasteiger partial charge is 0.323 e. The normalized spacial score (nSPS) is 10.5. The summed E-state index contributed by atoms with van der Waals surface area (Å²) in [6.07, 6.45) is 3.46. The number of ether oxygens (including phenoxy) is 1. The van der Waals surface area contributed by atoms with E-state index in [-0.39, 0.29) is 6.03 Å². The molecule has 0 bridgehead atoms. The zero-order chi connectivity index (χ0) is 20.9. The van der Waals surface area contributed by atoms with E-state index in [1.807, 2.05) is 6.07 Å². The third-order valence-electron chi connectivity index (χ3n) is 3.96. The Balaban J connectivity index is 1.41. The van der Waals surface area contributed by atoms with Crippen molar-refractivity contribution < 1.29 is 9.53 Å². The van der Waals surface area contributed by atoms with Crippen LogP contribution in [-0.2, 0) is 0 Å². The minimum Gasteiger partial charge on any atom is -0.439 e. The van der Waals surface area contributed by atoms with E-state index in [2.05, 4.69) is 25.7 Å². The van der Waals surface area contributed by atoms with Crippen molar-refractivity contribution in [1.82, 2.24) is 19.7 Å². The number of hydrogen-bond acceptors (Lipinski definition) is 5. The lowest BCUT2D eigenvalue weighted by Crippen LogP contribution is -2.19. The van der Waals surface area contributed by atoms with E-state index in [0.717, 1.165) is 0 Å². The number of aryl methyl sites for hydroxylation is 1. The van der Waals surface area contributed by atoms with E-state index in [1.165, 1.54) is 0 Å². The summed E-state index contributed by atoms with van der Waals surface area (Å²) in [4.78, 5) is 20.8. The van der Waals surface area contributed by atoms with Crippen molar-refractivity contribution in [2.45, 2.75) is 6.92 Å². The van der Waals surface area contributed by atoms with Gasteiger partial charge in [0.2, 0.25) is 5.88 Å². The van der Waals surface area contributed by atoms with Crippen LogP contribution in [0.15, 0.2) is 73.1 Å². The number of amides is 2. The number of benzene rings is 2. The molecule has 9 heteroatoms. The second-order valence-corrected chi connectivity index (χ2v) is 6.71. The van der Waals surface area contributed by atoms with Crippen molar-refractivity contribution in [3.8, 4) is 17.4 Å². The second kappa shape index (κ2) is 8.62. The fourth-order valence-electron chi connectivity index (χ4n) is 2.69. The Labute approximate surface area is 177 Å². The summed E-state index contributed by atoms with van der Waals surface area (Å²) in [5, 5.41) is 10.2. The van der Waals surface area contributed by atoms with E-state index in [4.69, 9.17) is 16.3 Å². The number of carbonyl (C=O) groups excluding carboxylic acids is 1. The van der Waals surface area contributed by atoms with Crippen LogP contribution < -0.4 is 15.4 Å². The average Bonchev–Trinajstić information content (AvgIpc) is 3.24. The SMILES string of the molecule is Cc1nc(Oc2ccc(NC(=O)Nc3cccc(Cl)c3)cc2)cc(-n2cccn2)n1. The average molecular weight is 421 g/mol. The lowest BCUT2D eigenvalue weighted by molar-refractivity contribution is 0.262. The van der Waals surface area contributed by atoms with E-state index in [1.54, 1.807) is 78.6 Å². The molecule has 0 saturated carbocycles. The van der Waals surface area contributed by atoms with Crippen molar-refractivity contribution >= 4 is 29.0 Å². The first kappa shape index (κ1) is 19.4. The summed E-state index contributed by atoms with van der Waals surface area (Å²) >= 11 is 5.92. The topological polar surface area (TPSA) is 94.0 Å². The van der Waals surface area contributed by atoms with Crippen LogP contribution in [0.3, 0.4) is 0 Å². The molecule has 0 atom stereocenters. The van der Waals surface area contributed by atoms with Crippen molar-refractivity contribution in [2.24, 2.45) is 0 Å². The van der Waals surface area contributed by atoms with Crippen LogP contribution in [-0.4, -0.2) is 25.8 Å². The summed E-state index contributed by atoms with van der Waals surface area (Å²) in [5.41, 5.74) is 1.21. The maximum absolute atomic E-state index is 12.1. The Morgan fingerprint density at radius 1 is 1.00 bits per heavy atom. The first-order valence-corrected chi connectivity index (χ1v) is 9.40. The Hall–Kier alpha value is -3.91. The number of halogens is 1. The monoisotopic (exact) mass is 420 g/mol. The van der Waals surface area contributed by atoms with Gasteiger partial charge in [-0.3, -0.25) is 0 Å². The summed E-state index contributed by atoms with van der Waals surface area (Å²) in [7, 11) is 0. The molecular weight excluding hydrogens is 404 g/mol. The highest BCUT2D eigenvalue weighted by Gasteiger charge is 2.08. The molecule has 0 fully saturated rings. The number of rotatable bonds is 5. The Morgan fingerprint density at radius 3 is 2.53 bits per heavy atom. The predicted octanol–water partition coefficient (Wildman–Crippen LogP) is 5.06. The van der Waals surface area contributed by atoms with Gasteiger partial charge in [0.1, 0.15) is 11.6 Å². The molecule has 2 aromatic heterocycles. The maximum Gasteiger partial charge on any atom is 0.323 e. The number of nitrogens with one attached hydrogen (secondary N) is 2. The highest BCUT2D eigenvalue weighted by molar-refractivity contribution is 6.30. The quantitative estimate of drug-likeness (QED) is 0.470. The van der Waals surface area contributed by atoms with Gasteiger partial charge in [0, 0.05) is 34.9 Å². The minimum absolute atomic E-state index is 0.374. The van der Waals surface area contributed by atoms with Gasteiger partial charge in [0.15, 0.2) is 5.82 Å². The first-order valence-electron chi connectivity index (χ1n) is 9.02. The van der Waals surface area contributed by atoms with Crippen LogP contribution >= 0.6 is 11.6 Å². The van der Waals surface area contributed by atoms with Crippen molar-refractivity contribution in [3.63, 3.8) is 0 Å². The van der Waals surface area contributed by atoms with Crippen molar-refractivity contribution in [1.29, 1.82) is 0 Å². The highest BCUT2D eigenvalue weighted by Crippen LogP contribution is 2.23. The fourth-order valence-corrected chi connectivity index (χ4v) is 2.88. The third-order valence-corrected chi connectivity index (χ3v) is 4.19. The fraction of sp³-hybridized carbons (Fsp3) is 0.0476. The number of nitrogens with zero attached hydrogens (tertiary/aromatic N) is 4. The predicted molar refractivity (Wildman–Crippen MR) is 115 cm³/mol. The molecule has 2 amide bonds. The maximum atomic E-state index is 12.1. The summed E-state index contributed by atoms with van der Waals surface area (Å²) in [6.45, 7) is 1.78. The molecule has 0 aliphatic carbocycles. The Kier molecular flexibility index (Phi) is 5.58. The third kappa shape index (κ3) is 4.92. The Bertz CT molecular complexity index is 1160. The molecule has 2 heterocycles. The standard InChI is InChI=1S/C21H17ClN6O2/c1-14-24-19(28-11-3-10-23-28)13-20(25-14)30-18-8-6-16(7-9-18)26-21(29)27-17-5-2-4-15(22)12-17/h2-13H,1H3,(H2,26,27,29). The molecule has 8 nitrogen and oxygen atoms in total. The van der Waals surface area contributed by atoms with Gasteiger partial charge >= 0.3 is 6.03 Å². The molecular formula is C21H17ClN6O2. The van der Waals surface area contributed by atoms with E-state index < -0.39 is 0 Å². The largest absolute Gasteiger partial charge is 0.439 e. The number of urea groups is 1. The number of carbonyl (C=O) groups is 1. The van der Waals surface area contributed by atoms with E-state index >= 15 is 0 Å². The first-order chi connectivity index (χ1) is 14.5. The van der Waals surface area contributed by atoms with Gasteiger partial charge in [0.05, 0.1) is 0 Å². The zero-order valence-electron chi connectivity index (χ0n) is 15.9. The van der Waals surface area contributed by atoms with Crippen LogP contribution in [0.5, 0.6) is 11.6 Å². The van der Waals surface area contributed by atoms with Crippen LogP contribution in [0.4, 0.5) is 16.2 Å². The molecule has 4 aromatic rings. The molecule has 2 N–H and O–H groups in total. The molecule has 0 aliphatic rings. The van der Waals surface area contributed by atoms with Gasteiger partial charge in [0.25, 0.3) is 0 Å². The highest BCUT2D eigenvalue weighted by atomic mass is 35.5. The molecule has 150 valence electrons. The lowest BCUT2D eigenvalue weighted by Gasteiger charge is -2.10. The summed E-state index contributed by atoms with van der Waals surface area (Å²) in [6, 6.07) is 17.0.